The summed E-state index contributed by atoms with van der Waals surface area (Å²) in [5.41, 5.74) is 1.26. The van der Waals surface area contributed by atoms with Crippen molar-refractivity contribution in [2.75, 3.05) is 18.5 Å². The van der Waals surface area contributed by atoms with Crippen LogP contribution in [0.2, 0.25) is 0 Å². The molecule has 0 aliphatic heterocycles. The summed E-state index contributed by atoms with van der Waals surface area (Å²) in [5.74, 6) is -0.136. The lowest BCUT2D eigenvalue weighted by Crippen LogP contribution is -2.16. The first kappa shape index (κ1) is 16.2. The predicted molar refractivity (Wildman–Crippen MR) is 79.3 cm³/mol. The molecule has 0 radical (unpaired) electrons. The van der Waals surface area contributed by atoms with Gasteiger partial charge in [-0.2, -0.15) is 5.26 Å². The van der Waals surface area contributed by atoms with Gasteiger partial charge in [-0.05, 0) is 24.0 Å². The first-order valence-corrected chi connectivity index (χ1v) is 6.79. The molecule has 0 aliphatic rings. The molecule has 0 bridgehead atoms. The number of nitrogens with zero attached hydrogens (tertiary/aromatic N) is 1. The molecular formula is C16H22N2O2. The standard InChI is InChI=1S/C16H22N2O2/c1-16(2,3)9-11-20-10-8-15(19)18-14-7-5-4-6-13(14)12-17/h4-7H,8-11H2,1-3H3,(H,18,19). The topological polar surface area (TPSA) is 62.1 Å². The Kier molecular flexibility index (Phi) is 6.20. The van der Waals surface area contributed by atoms with Gasteiger partial charge in [-0.15, -0.1) is 0 Å². The van der Waals surface area contributed by atoms with Crippen LogP contribution in [0.4, 0.5) is 5.69 Å². The molecule has 0 saturated heterocycles. The van der Waals surface area contributed by atoms with E-state index in [-0.39, 0.29) is 11.3 Å². The van der Waals surface area contributed by atoms with Crippen LogP contribution in [-0.4, -0.2) is 19.1 Å². The van der Waals surface area contributed by atoms with Crippen LogP contribution in [0.3, 0.4) is 0 Å². The number of rotatable bonds is 6. The van der Waals surface area contributed by atoms with E-state index in [1.165, 1.54) is 0 Å². The quantitative estimate of drug-likeness (QED) is 0.809. The Morgan fingerprint density at radius 2 is 2.00 bits per heavy atom. The van der Waals surface area contributed by atoms with Crippen LogP contribution in [0.25, 0.3) is 0 Å². The van der Waals surface area contributed by atoms with Crippen molar-refractivity contribution in [3.8, 4) is 6.07 Å². The first-order chi connectivity index (χ1) is 9.42. The maximum atomic E-state index is 11.7. The Hall–Kier alpha value is -1.86. The van der Waals surface area contributed by atoms with Crippen LogP contribution in [0, 0.1) is 16.7 Å². The Bertz CT molecular complexity index is 484. The maximum Gasteiger partial charge on any atom is 0.226 e. The van der Waals surface area contributed by atoms with E-state index in [9.17, 15) is 4.79 Å². The molecule has 0 fully saturated rings. The number of benzene rings is 1. The molecule has 0 heterocycles. The van der Waals surface area contributed by atoms with Gasteiger partial charge in [-0.25, -0.2) is 0 Å². The first-order valence-electron chi connectivity index (χ1n) is 6.79. The molecule has 1 N–H and O–H groups in total. The molecule has 1 amide bonds. The fourth-order valence-corrected chi connectivity index (χ4v) is 1.55. The molecule has 1 rings (SSSR count). The highest BCUT2D eigenvalue weighted by atomic mass is 16.5. The summed E-state index contributed by atoms with van der Waals surface area (Å²) < 4.78 is 5.45. The number of ether oxygens (including phenoxy) is 1. The Morgan fingerprint density at radius 3 is 2.65 bits per heavy atom. The van der Waals surface area contributed by atoms with E-state index in [2.05, 4.69) is 26.1 Å². The number of hydrogen-bond donors (Lipinski definition) is 1. The number of carbonyl (C=O) groups is 1. The minimum atomic E-state index is -0.136. The molecule has 1 aromatic carbocycles. The third-order valence-electron chi connectivity index (χ3n) is 2.79. The Morgan fingerprint density at radius 1 is 1.30 bits per heavy atom. The van der Waals surface area contributed by atoms with Gasteiger partial charge in [0.05, 0.1) is 24.3 Å². The average Bonchev–Trinajstić information content (AvgIpc) is 2.37. The van der Waals surface area contributed by atoms with Crippen molar-refractivity contribution < 1.29 is 9.53 Å². The summed E-state index contributed by atoms with van der Waals surface area (Å²) >= 11 is 0. The van der Waals surface area contributed by atoms with Crippen molar-refractivity contribution in [3.05, 3.63) is 29.8 Å². The lowest BCUT2D eigenvalue weighted by Gasteiger charge is -2.17. The van der Waals surface area contributed by atoms with Crippen molar-refractivity contribution >= 4 is 11.6 Å². The van der Waals surface area contributed by atoms with Crippen LogP contribution in [-0.2, 0) is 9.53 Å². The second-order valence-electron chi connectivity index (χ2n) is 5.88. The molecule has 108 valence electrons. The molecule has 0 atom stereocenters. The predicted octanol–water partition coefficient (Wildman–Crippen LogP) is 3.34. The highest BCUT2D eigenvalue weighted by Gasteiger charge is 2.10. The molecule has 1 aromatic rings. The molecule has 0 aliphatic carbocycles. The molecular weight excluding hydrogens is 252 g/mol. The summed E-state index contributed by atoms with van der Waals surface area (Å²) in [4.78, 5) is 11.7. The molecule has 0 unspecified atom stereocenters. The van der Waals surface area contributed by atoms with Crippen LogP contribution in [0.5, 0.6) is 0 Å². The van der Waals surface area contributed by atoms with E-state index in [0.717, 1.165) is 6.42 Å². The van der Waals surface area contributed by atoms with Gasteiger partial charge >= 0.3 is 0 Å². The third kappa shape index (κ3) is 6.35. The van der Waals surface area contributed by atoms with Crippen LogP contribution < -0.4 is 5.32 Å². The van der Waals surface area contributed by atoms with Gasteiger partial charge in [0.15, 0.2) is 0 Å². The summed E-state index contributed by atoms with van der Waals surface area (Å²) in [5, 5.41) is 11.7. The lowest BCUT2D eigenvalue weighted by molar-refractivity contribution is -0.117. The van der Waals surface area contributed by atoms with Gasteiger partial charge in [0.25, 0.3) is 0 Å². The van der Waals surface area contributed by atoms with Crippen molar-refractivity contribution in [2.24, 2.45) is 5.41 Å². The number of carbonyl (C=O) groups excluding carboxylic acids is 1. The minimum Gasteiger partial charge on any atom is -0.381 e. The zero-order chi connectivity index (χ0) is 15.0. The van der Waals surface area contributed by atoms with Crippen molar-refractivity contribution in [1.29, 1.82) is 5.26 Å². The largest absolute Gasteiger partial charge is 0.381 e. The molecule has 0 spiro atoms. The van der Waals surface area contributed by atoms with E-state index < -0.39 is 0 Å². The third-order valence-corrected chi connectivity index (χ3v) is 2.79. The smallest absolute Gasteiger partial charge is 0.226 e. The zero-order valence-electron chi connectivity index (χ0n) is 12.4. The van der Waals surface area contributed by atoms with Gasteiger partial charge in [0, 0.05) is 6.61 Å². The van der Waals surface area contributed by atoms with Gasteiger partial charge in [0.1, 0.15) is 6.07 Å². The summed E-state index contributed by atoms with van der Waals surface area (Å²) in [6, 6.07) is 9.00. The van der Waals surface area contributed by atoms with Crippen LogP contribution in [0.15, 0.2) is 24.3 Å². The van der Waals surface area contributed by atoms with Crippen molar-refractivity contribution in [1.82, 2.24) is 0 Å². The zero-order valence-corrected chi connectivity index (χ0v) is 12.4. The minimum absolute atomic E-state index is 0.136. The van der Waals surface area contributed by atoms with Crippen molar-refractivity contribution in [2.45, 2.75) is 33.6 Å². The van der Waals surface area contributed by atoms with Crippen LogP contribution >= 0.6 is 0 Å². The molecule has 4 nitrogen and oxygen atoms in total. The second-order valence-corrected chi connectivity index (χ2v) is 5.88. The van der Waals surface area contributed by atoms with Gasteiger partial charge < -0.3 is 10.1 Å². The van der Waals surface area contributed by atoms with E-state index in [4.69, 9.17) is 10.00 Å². The lowest BCUT2D eigenvalue weighted by atomic mass is 9.93. The number of anilines is 1. The number of amides is 1. The monoisotopic (exact) mass is 274 g/mol. The highest BCUT2D eigenvalue weighted by Crippen LogP contribution is 2.18. The summed E-state index contributed by atoms with van der Waals surface area (Å²) in [6.45, 7) is 7.52. The highest BCUT2D eigenvalue weighted by molar-refractivity contribution is 5.92. The summed E-state index contributed by atoms with van der Waals surface area (Å²) in [7, 11) is 0. The Balaban J connectivity index is 2.29. The maximum absolute atomic E-state index is 11.7. The van der Waals surface area contributed by atoms with Gasteiger partial charge in [-0.1, -0.05) is 32.9 Å². The second kappa shape index (κ2) is 7.66. The van der Waals surface area contributed by atoms with E-state index in [0.29, 0.717) is 30.9 Å². The van der Waals surface area contributed by atoms with Gasteiger partial charge in [-0.3, -0.25) is 4.79 Å². The number of nitriles is 1. The average molecular weight is 274 g/mol. The molecule has 20 heavy (non-hydrogen) atoms. The van der Waals surface area contributed by atoms with Crippen LogP contribution in [0.1, 0.15) is 39.2 Å². The van der Waals surface area contributed by atoms with Gasteiger partial charge in [0.2, 0.25) is 5.91 Å². The Labute approximate surface area is 120 Å². The molecule has 0 aromatic heterocycles. The fourth-order valence-electron chi connectivity index (χ4n) is 1.55. The number of hydrogen-bond acceptors (Lipinski definition) is 3. The van der Waals surface area contributed by atoms with E-state index >= 15 is 0 Å². The summed E-state index contributed by atoms with van der Waals surface area (Å²) in [6.07, 6.45) is 1.26. The number of nitrogens with one attached hydrogen (secondary N) is 1. The van der Waals surface area contributed by atoms with Crippen molar-refractivity contribution in [3.63, 3.8) is 0 Å². The molecule has 4 heteroatoms. The fraction of sp³-hybridized carbons (Fsp3) is 0.500. The van der Waals surface area contributed by atoms with E-state index in [1.54, 1.807) is 24.3 Å². The van der Waals surface area contributed by atoms with E-state index in [1.807, 2.05) is 6.07 Å². The normalized spacial score (nSPS) is 10.9. The number of para-hydroxylation sites is 1. The SMILES string of the molecule is CC(C)(C)CCOCCC(=O)Nc1ccccc1C#N. The molecule has 0 saturated carbocycles.